The first kappa shape index (κ1) is 14.6. The number of carbonyl (C=O) groups is 1. The summed E-state index contributed by atoms with van der Waals surface area (Å²) in [6.45, 7) is 1.89. The van der Waals surface area contributed by atoms with Gasteiger partial charge in [0.1, 0.15) is 5.82 Å². The van der Waals surface area contributed by atoms with E-state index in [2.05, 4.69) is 20.3 Å². The molecule has 0 spiro atoms. The maximum atomic E-state index is 10.9. The molecular weight excluding hydrogens is 292 g/mol. The smallest absolute Gasteiger partial charge is 0.335 e. The third-order valence-electron chi connectivity index (χ3n) is 3.20. The zero-order valence-corrected chi connectivity index (χ0v) is 12.4. The van der Waals surface area contributed by atoms with Crippen molar-refractivity contribution in [1.82, 2.24) is 15.0 Å². The van der Waals surface area contributed by atoms with Crippen LogP contribution in [0.5, 0.6) is 0 Å². The number of nitrogens with zero attached hydrogens (tertiary/aromatic N) is 3. The Kier molecular flexibility index (Phi) is 3.97. The van der Waals surface area contributed by atoms with Gasteiger partial charge in [0.05, 0.1) is 5.56 Å². The van der Waals surface area contributed by atoms with Crippen LogP contribution in [0.2, 0.25) is 0 Å². The maximum absolute atomic E-state index is 10.9. The third-order valence-corrected chi connectivity index (χ3v) is 3.20. The number of aryl methyl sites for hydroxylation is 1. The van der Waals surface area contributed by atoms with E-state index in [0.717, 1.165) is 16.9 Å². The molecule has 6 heteroatoms. The van der Waals surface area contributed by atoms with Crippen molar-refractivity contribution in [2.75, 3.05) is 5.32 Å². The van der Waals surface area contributed by atoms with Gasteiger partial charge >= 0.3 is 5.97 Å². The summed E-state index contributed by atoms with van der Waals surface area (Å²) in [4.78, 5) is 23.8. The number of hydrogen-bond donors (Lipinski definition) is 2. The van der Waals surface area contributed by atoms with Crippen LogP contribution < -0.4 is 5.32 Å². The fraction of sp³-hybridized carbons (Fsp3) is 0.0588. The predicted octanol–water partition coefficient (Wildman–Crippen LogP) is 3.29. The minimum absolute atomic E-state index is 0.242. The first-order chi connectivity index (χ1) is 11.1. The standard InChI is InChI=1S/C17H14N4O2/c1-11-10-15(20-14-4-2-13(3-5-14)17(22)23)21-16(19-11)12-6-8-18-9-7-12/h2-10H,1H3,(H,22,23)(H,19,20,21). The molecule has 23 heavy (non-hydrogen) atoms. The normalized spacial score (nSPS) is 10.3. The molecule has 3 aromatic rings. The highest BCUT2D eigenvalue weighted by molar-refractivity contribution is 5.88. The van der Waals surface area contributed by atoms with Crippen molar-refractivity contribution in [2.45, 2.75) is 6.92 Å². The maximum Gasteiger partial charge on any atom is 0.335 e. The Morgan fingerprint density at radius 1 is 1.04 bits per heavy atom. The molecule has 0 saturated carbocycles. The van der Waals surface area contributed by atoms with Crippen LogP contribution in [0.4, 0.5) is 11.5 Å². The molecule has 0 atom stereocenters. The van der Waals surface area contributed by atoms with Gasteiger partial charge in [-0.1, -0.05) is 0 Å². The topological polar surface area (TPSA) is 88.0 Å². The van der Waals surface area contributed by atoms with Crippen LogP contribution in [-0.4, -0.2) is 26.0 Å². The summed E-state index contributed by atoms with van der Waals surface area (Å²) in [7, 11) is 0. The Labute approximate surface area is 132 Å². The Bertz CT molecular complexity index is 833. The van der Waals surface area contributed by atoms with Crippen molar-refractivity contribution in [1.29, 1.82) is 0 Å². The molecule has 1 aromatic carbocycles. The van der Waals surface area contributed by atoms with Crippen LogP contribution in [0.3, 0.4) is 0 Å². The summed E-state index contributed by atoms with van der Waals surface area (Å²) >= 11 is 0. The second kappa shape index (κ2) is 6.23. The molecule has 0 aliphatic carbocycles. The number of carboxylic acids is 1. The van der Waals surface area contributed by atoms with Gasteiger partial charge in [0.2, 0.25) is 0 Å². The summed E-state index contributed by atoms with van der Waals surface area (Å²) in [5, 5.41) is 12.1. The van der Waals surface area contributed by atoms with E-state index in [1.807, 2.05) is 25.1 Å². The number of carboxylic acid groups (broad SMARTS) is 1. The van der Waals surface area contributed by atoms with Gasteiger partial charge in [-0.15, -0.1) is 0 Å². The molecule has 114 valence electrons. The Morgan fingerprint density at radius 3 is 2.39 bits per heavy atom. The van der Waals surface area contributed by atoms with Gasteiger partial charge < -0.3 is 10.4 Å². The Morgan fingerprint density at radius 2 is 1.74 bits per heavy atom. The van der Waals surface area contributed by atoms with E-state index in [1.165, 1.54) is 0 Å². The van der Waals surface area contributed by atoms with Crippen molar-refractivity contribution >= 4 is 17.5 Å². The van der Waals surface area contributed by atoms with Gasteiger partial charge in [-0.3, -0.25) is 4.98 Å². The molecule has 0 bridgehead atoms. The van der Waals surface area contributed by atoms with Gasteiger partial charge in [0.15, 0.2) is 5.82 Å². The van der Waals surface area contributed by atoms with Gasteiger partial charge in [-0.25, -0.2) is 14.8 Å². The highest BCUT2D eigenvalue weighted by Crippen LogP contribution is 2.20. The predicted molar refractivity (Wildman–Crippen MR) is 86.7 cm³/mol. The zero-order chi connectivity index (χ0) is 16.2. The Balaban J connectivity index is 1.88. The largest absolute Gasteiger partial charge is 0.478 e. The number of pyridine rings is 1. The van der Waals surface area contributed by atoms with Crippen molar-refractivity contribution in [3.05, 3.63) is 66.1 Å². The SMILES string of the molecule is Cc1cc(Nc2ccc(C(=O)O)cc2)nc(-c2ccncc2)n1. The van der Waals surface area contributed by atoms with E-state index < -0.39 is 5.97 Å². The first-order valence-corrected chi connectivity index (χ1v) is 6.98. The van der Waals surface area contributed by atoms with E-state index in [0.29, 0.717) is 11.6 Å². The molecule has 3 rings (SSSR count). The van der Waals surface area contributed by atoms with Gasteiger partial charge in [0, 0.05) is 35.4 Å². The average molecular weight is 306 g/mol. The van der Waals surface area contributed by atoms with E-state index in [1.54, 1.807) is 36.7 Å². The van der Waals surface area contributed by atoms with Crippen LogP contribution in [-0.2, 0) is 0 Å². The van der Waals surface area contributed by atoms with Crippen LogP contribution >= 0.6 is 0 Å². The van der Waals surface area contributed by atoms with E-state index in [4.69, 9.17) is 5.11 Å². The molecule has 0 amide bonds. The monoisotopic (exact) mass is 306 g/mol. The number of aromatic nitrogens is 3. The minimum atomic E-state index is -0.950. The molecule has 0 saturated heterocycles. The Hall–Kier alpha value is -3.28. The molecular formula is C17H14N4O2. The van der Waals surface area contributed by atoms with Gasteiger partial charge in [0.25, 0.3) is 0 Å². The van der Waals surface area contributed by atoms with Crippen molar-refractivity contribution in [3.8, 4) is 11.4 Å². The summed E-state index contributed by atoms with van der Waals surface area (Å²) in [6, 6.07) is 12.0. The van der Waals surface area contributed by atoms with Gasteiger partial charge in [-0.05, 0) is 43.3 Å². The summed E-state index contributed by atoms with van der Waals surface area (Å²) in [6.07, 6.45) is 3.39. The van der Waals surface area contributed by atoms with Crippen LogP contribution in [0, 0.1) is 6.92 Å². The summed E-state index contributed by atoms with van der Waals surface area (Å²) in [5.41, 5.74) is 2.71. The third kappa shape index (κ3) is 3.49. The van der Waals surface area contributed by atoms with Crippen molar-refractivity contribution in [2.24, 2.45) is 0 Å². The molecule has 0 aliphatic rings. The second-order valence-electron chi connectivity index (χ2n) is 4.96. The molecule has 0 aliphatic heterocycles. The lowest BCUT2D eigenvalue weighted by Gasteiger charge is -2.09. The second-order valence-corrected chi connectivity index (χ2v) is 4.96. The quantitative estimate of drug-likeness (QED) is 0.769. The molecule has 2 aromatic heterocycles. The minimum Gasteiger partial charge on any atom is -0.478 e. The molecule has 2 N–H and O–H groups in total. The van der Waals surface area contributed by atoms with Crippen LogP contribution in [0.15, 0.2) is 54.9 Å². The number of aromatic carboxylic acids is 1. The first-order valence-electron chi connectivity index (χ1n) is 6.98. The molecule has 0 unspecified atom stereocenters. The molecule has 2 heterocycles. The lowest BCUT2D eigenvalue weighted by Crippen LogP contribution is -2.00. The van der Waals surface area contributed by atoms with Crippen LogP contribution in [0.25, 0.3) is 11.4 Å². The number of rotatable bonds is 4. The molecule has 0 fully saturated rings. The van der Waals surface area contributed by atoms with Crippen molar-refractivity contribution < 1.29 is 9.90 Å². The fourth-order valence-corrected chi connectivity index (χ4v) is 2.11. The van der Waals surface area contributed by atoms with Crippen LogP contribution in [0.1, 0.15) is 16.1 Å². The fourth-order valence-electron chi connectivity index (χ4n) is 2.11. The number of benzene rings is 1. The summed E-state index contributed by atoms with van der Waals surface area (Å²) < 4.78 is 0. The lowest BCUT2D eigenvalue weighted by atomic mass is 10.2. The highest BCUT2D eigenvalue weighted by atomic mass is 16.4. The lowest BCUT2D eigenvalue weighted by molar-refractivity contribution is 0.0697. The molecule has 0 radical (unpaired) electrons. The van der Waals surface area contributed by atoms with E-state index >= 15 is 0 Å². The average Bonchev–Trinajstić information content (AvgIpc) is 2.55. The summed E-state index contributed by atoms with van der Waals surface area (Å²) in [5.74, 6) is 0.304. The number of anilines is 2. The highest BCUT2D eigenvalue weighted by Gasteiger charge is 2.06. The van der Waals surface area contributed by atoms with Crippen molar-refractivity contribution in [3.63, 3.8) is 0 Å². The zero-order valence-electron chi connectivity index (χ0n) is 12.4. The van der Waals surface area contributed by atoms with E-state index in [-0.39, 0.29) is 5.56 Å². The molecule has 6 nitrogen and oxygen atoms in total. The number of nitrogens with one attached hydrogen (secondary N) is 1. The number of hydrogen-bond acceptors (Lipinski definition) is 5. The van der Waals surface area contributed by atoms with Gasteiger partial charge in [-0.2, -0.15) is 0 Å². The van der Waals surface area contributed by atoms with E-state index in [9.17, 15) is 4.79 Å².